The summed E-state index contributed by atoms with van der Waals surface area (Å²) in [6.07, 6.45) is 0.705. The van der Waals surface area contributed by atoms with Crippen LogP contribution in [0.3, 0.4) is 0 Å². The van der Waals surface area contributed by atoms with Gasteiger partial charge in [0.2, 0.25) is 5.60 Å². The van der Waals surface area contributed by atoms with Crippen LogP contribution in [0.25, 0.3) is 5.57 Å². The Bertz CT molecular complexity index is 1090. The monoisotopic (exact) mass is 526 g/mol. The first-order chi connectivity index (χ1) is 15.8. The Balaban J connectivity index is 0.00000187. The summed E-state index contributed by atoms with van der Waals surface area (Å²) in [6, 6.07) is 12.6. The van der Waals surface area contributed by atoms with Gasteiger partial charge in [-0.2, -0.15) is 0 Å². The second kappa shape index (κ2) is 11.6. The van der Waals surface area contributed by atoms with E-state index in [9.17, 15) is 32.6 Å². The lowest BCUT2D eigenvalue weighted by Crippen LogP contribution is -2.39. The van der Waals surface area contributed by atoms with E-state index in [1.165, 1.54) is 0 Å². The van der Waals surface area contributed by atoms with Gasteiger partial charge in [0.25, 0.3) is 0 Å². The fraction of sp³-hybridized carbons (Fsp3) is 0.125. The van der Waals surface area contributed by atoms with Crippen LogP contribution < -0.4 is 0 Å². The highest BCUT2D eigenvalue weighted by atomic mass is 79.9. The third kappa shape index (κ3) is 5.80. The standard InChI is InChI=1S/C23H16F4O4.CH3Br/c24-18-8-6-16(10-20(18)26)23(30,17-7-9-19(25)21(27)11-17)22(29)31-13-15(12-28)14-4-2-1-3-5-14;1-2/h1-12,28,30H,13H2;1H3. The molecule has 0 aliphatic rings. The zero-order valence-corrected chi connectivity index (χ0v) is 18.8. The van der Waals surface area contributed by atoms with Crippen LogP contribution in [0.5, 0.6) is 0 Å². The van der Waals surface area contributed by atoms with Gasteiger partial charge >= 0.3 is 5.97 Å². The molecule has 0 radical (unpaired) electrons. The van der Waals surface area contributed by atoms with Crippen molar-refractivity contribution in [2.45, 2.75) is 5.60 Å². The number of aliphatic hydroxyl groups excluding tert-OH is 1. The third-order valence-electron chi connectivity index (χ3n) is 4.63. The molecule has 0 aliphatic heterocycles. The summed E-state index contributed by atoms with van der Waals surface area (Å²) < 4.78 is 59.5. The van der Waals surface area contributed by atoms with Crippen molar-refractivity contribution in [1.29, 1.82) is 0 Å². The molecule has 3 rings (SSSR count). The lowest BCUT2D eigenvalue weighted by molar-refractivity contribution is -0.160. The lowest BCUT2D eigenvalue weighted by atomic mass is 9.86. The molecule has 0 aliphatic carbocycles. The molecule has 0 fully saturated rings. The molecule has 0 amide bonds. The van der Waals surface area contributed by atoms with Crippen molar-refractivity contribution in [2.75, 3.05) is 12.4 Å². The number of hydrogen-bond donors (Lipinski definition) is 2. The normalized spacial score (nSPS) is 11.4. The summed E-state index contributed by atoms with van der Waals surface area (Å²) in [4.78, 5) is 12.9. The molecule has 3 aromatic rings. The molecule has 4 nitrogen and oxygen atoms in total. The van der Waals surface area contributed by atoms with Gasteiger partial charge in [0.1, 0.15) is 6.61 Å². The molecule has 2 N–H and O–H groups in total. The van der Waals surface area contributed by atoms with E-state index in [1.807, 2.05) is 5.83 Å². The van der Waals surface area contributed by atoms with Gasteiger partial charge in [-0.15, -0.1) is 0 Å². The number of aliphatic hydroxyl groups is 2. The zero-order chi connectivity index (χ0) is 24.6. The van der Waals surface area contributed by atoms with E-state index in [-0.39, 0.29) is 5.57 Å². The summed E-state index contributed by atoms with van der Waals surface area (Å²) in [5.74, 6) is -4.77. The maximum atomic E-state index is 13.8. The molecule has 0 atom stereocenters. The van der Waals surface area contributed by atoms with Crippen molar-refractivity contribution in [3.8, 4) is 0 Å². The van der Waals surface area contributed by atoms with Gasteiger partial charge in [0.05, 0.1) is 6.26 Å². The highest BCUT2D eigenvalue weighted by Gasteiger charge is 2.43. The molecule has 174 valence electrons. The van der Waals surface area contributed by atoms with E-state index < -0.39 is 52.6 Å². The highest BCUT2D eigenvalue weighted by molar-refractivity contribution is 9.08. The Morgan fingerprint density at radius 3 is 1.79 bits per heavy atom. The van der Waals surface area contributed by atoms with Gasteiger partial charge in [0.15, 0.2) is 23.3 Å². The molecular formula is C24H19BrF4O4. The fourth-order valence-electron chi connectivity index (χ4n) is 2.94. The van der Waals surface area contributed by atoms with E-state index in [0.29, 0.717) is 36.1 Å². The molecule has 0 saturated heterocycles. The van der Waals surface area contributed by atoms with Crippen LogP contribution in [0.1, 0.15) is 16.7 Å². The van der Waals surface area contributed by atoms with Crippen LogP contribution >= 0.6 is 15.9 Å². The van der Waals surface area contributed by atoms with E-state index in [1.54, 1.807) is 30.3 Å². The Morgan fingerprint density at radius 1 is 0.879 bits per heavy atom. The van der Waals surface area contributed by atoms with Gasteiger partial charge in [-0.1, -0.05) is 58.4 Å². The highest BCUT2D eigenvalue weighted by Crippen LogP contribution is 2.33. The quantitative estimate of drug-likeness (QED) is 0.189. The number of ether oxygens (including phenoxy) is 1. The first-order valence-electron chi connectivity index (χ1n) is 9.34. The van der Waals surface area contributed by atoms with Gasteiger partial charge in [-0.3, -0.25) is 0 Å². The fourth-order valence-corrected chi connectivity index (χ4v) is 2.94. The predicted octanol–water partition coefficient (Wildman–Crippen LogP) is 5.63. The molecule has 3 aromatic carbocycles. The molecular weight excluding hydrogens is 508 g/mol. The number of esters is 1. The van der Waals surface area contributed by atoms with E-state index in [2.05, 4.69) is 15.9 Å². The minimum atomic E-state index is -2.79. The van der Waals surface area contributed by atoms with Crippen molar-refractivity contribution in [2.24, 2.45) is 0 Å². The van der Waals surface area contributed by atoms with Crippen molar-refractivity contribution in [3.05, 3.63) is 113 Å². The van der Waals surface area contributed by atoms with Gasteiger partial charge in [-0.05, 0) is 35.7 Å². The molecule has 0 heterocycles. The zero-order valence-electron chi connectivity index (χ0n) is 17.2. The largest absolute Gasteiger partial charge is 0.515 e. The minimum Gasteiger partial charge on any atom is -0.515 e. The average molecular weight is 527 g/mol. The van der Waals surface area contributed by atoms with Crippen LogP contribution in [0.15, 0.2) is 73.0 Å². The van der Waals surface area contributed by atoms with E-state index in [4.69, 9.17) is 4.74 Å². The number of carbonyl (C=O) groups excluding carboxylic acids is 1. The van der Waals surface area contributed by atoms with Gasteiger partial charge in [0, 0.05) is 16.7 Å². The number of rotatable bonds is 6. The third-order valence-corrected chi connectivity index (χ3v) is 4.63. The summed E-state index contributed by atoms with van der Waals surface area (Å²) in [5, 5.41) is 20.6. The van der Waals surface area contributed by atoms with Gasteiger partial charge < -0.3 is 14.9 Å². The second-order valence-corrected chi connectivity index (χ2v) is 6.56. The molecule has 0 saturated carbocycles. The minimum absolute atomic E-state index is 0.173. The Hall–Kier alpha value is -3.17. The Labute approximate surface area is 195 Å². The van der Waals surface area contributed by atoms with E-state index in [0.717, 1.165) is 12.1 Å². The molecule has 33 heavy (non-hydrogen) atoms. The molecule has 0 bridgehead atoms. The summed E-state index contributed by atoms with van der Waals surface area (Å²) in [7, 11) is 0. The Morgan fingerprint density at radius 2 is 1.36 bits per heavy atom. The topological polar surface area (TPSA) is 66.8 Å². The van der Waals surface area contributed by atoms with E-state index >= 15 is 0 Å². The van der Waals surface area contributed by atoms with Crippen LogP contribution in [-0.2, 0) is 15.1 Å². The van der Waals surface area contributed by atoms with Crippen LogP contribution in [-0.4, -0.2) is 28.6 Å². The van der Waals surface area contributed by atoms with Crippen molar-refractivity contribution in [3.63, 3.8) is 0 Å². The molecule has 9 heteroatoms. The first-order valence-corrected chi connectivity index (χ1v) is 10.9. The SMILES string of the molecule is CBr.O=C(OCC(=CO)c1ccccc1)C(O)(c1ccc(F)c(F)c1)c1ccc(F)c(F)c1. The Kier molecular flexibility index (Phi) is 9.19. The smallest absolute Gasteiger partial charge is 0.348 e. The molecule has 0 unspecified atom stereocenters. The van der Waals surface area contributed by atoms with Crippen LogP contribution in [0.4, 0.5) is 17.6 Å². The second-order valence-electron chi connectivity index (χ2n) is 6.56. The summed E-state index contributed by atoms with van der Waals surface area (Å²) in [6.45, 7) is -0.505. The predicted molar refractivity (Wildman–Crippen MR) is 119 cm³/mol. The summed E-state index contributed by atoms with van der Waals surface area (Å²) >= 11 is 2.94. The number of halogens is 5. The molecule has 0 spiro atoms. The van der Waals surface area contributed by atoms with Crippen molar-refractivity contribution < 1.29 is 37.3 Å². The average Bonchev–Trinajstić information content (AvgIpc) is 2.84. The lowest BCUT2D eigenvalue weighted by Gasteiger charge is -2.27. The number of hydrogen-bond acceptors (Lipinski definition) is 4. The number of benzene rings is 3. The van der Waals surface area contributed by atoms with Crippen LogP contribution in [0.2, 0.25) is 0 Å². The molecule has 0 aromatic heterocycles. The number of alkyl halides is 1. The summed E-state index contributed by atoms with van der Waals surface area (Å²) in [5.41, 5.74) is -3.03. The van der Waals surface area contributed by atoms with Gasteiger partial charge in [-0.25, -0.2) is 22.4 Å². The van der Waals surface area contributed by atoms with Crippen LogP contribution in [0, 0.1) is 23.3 Å². The first kappa shape index (κ1) is 26.1. The van der Waals surface area contributed by atoms with Crippen molar-refractivity contribution >= 4 is 27.5 Å². The maximum absolute atomic E-state index is 13.8. The van der Waals surface area contributed by atoms with Crippen molar-refractivity contribution in [1.82, 2.24) is 0 Å². The maximum Gasteiger partial charge on any atom is 0.348 e. The number of carbonyl (C=O) groups is 1.